The number of nitrogens with two attached hydrogens (primary N) is 1. The van der Waals surface area contributed by atoms with E-state index < -0.39 is 17.7 Å². The quantitative estimate of drug-likeness (QED) is 0.352. The van der Waals surface area contributed by atoms with E-state index in [0.29, 0.717) is 42.8 Å². The van der Waals surface area contributed by atoms with E-state index in [4.69, 9.17) is 15.2 Å². The first kappa shape index (κ1) is 28.0. The highest BCUT2D eigenvalue weighted by molar-refractivity contribution is 7.22. The van der Waals surface area contributed by atoms with Gasteiger partial charge in [0.05, 0.1) is 15.9 Å². The summed E-state index contributed by atoms with van der Waals surface area (Å²) in [6, 6.07) is 4.97. The molecule has 0 aliphatic carbocycles. The Bertz CT molecular complexity index is 1730. The summed E-state index contributed by atoms with van der Waals surface area (Å²) >= 11 is 0.988. The first-order valence-corrected chi connectivity index (χ1v) is 14.4. The Morgan fingerprint density at radius 1 is 1.12 bits per heavy atom. The Labute approximate surface area is 245 Å². The van der Waals surface area contributed by atoms with E-state index in [2.05, 4.69) is 35.7 Å². The van der Waals surface area contributed by atoms with Crippen molar-refractivity contribution in [3.63, 3.8) is 0 Å². The molecule has 0 unspecified atom stereocenters. The number of nitrogen functional groups attached to an aromatic ring is 1. The predicted molar refractivity (Wildman–Crippen MR) is 159 cm³/mol. The highest BCUT2D eigenvalue weighted by Crippen LogP contribution is 2.41. The lowest BCUT2D eigenvalue weighted by Gasteiger charge is -2.36. The molecule has 13 heteroatoms. The molecule has 3 aromatic heterocycles. The van der Waals surface area contributed by atoms with E-state index in [0.717, 1.165) is 24.4 Å². The third kappa shape index (κ3) is 4.85. The number of hydrogen-bond acceptors (Lipinski definition) is 11. The number of halogens is 2. The Morgan fingerprint density at radius 3 is 2.60 bits per heavy atom. The van der Waals surface area contributed by atoms with E-state index in [-0.39, 0.29) is 44.1 Å². The fourth-order valence-electron chi connectivity index (χ4n) is 5.75. The summed E-state index contributed by atoms with van der Waals surface area (Å²) in [5, 5.41) is 11.0. The van der Waals surface area contributed by atoms with Crippen LogP contribution in [0.3, 0.4) is 0 Å². The van der Waals surface area contributed by atoms with Crippen LogP contribution in [0.2, 0.25) is 0 Å². The maximum atomic E-state index is 16.6. The molecule has 2 N–H and O–H groups in total. The first-order chi connectivity index (χ1) is 20.3. The molecule has 2 fully saturated rings. The van der Waals surface area contributed by atoms with E-state index in [9.17, 15) is 9.65 Å². The fraction of sp³-hybridized carbons (Fsp3) is 0.379. The molecular weight excluding hydrogens is 562 g/mol. The minimum Gasteiger partial charge on any atom is -0.469 e. The van der Waals surface area contributed by atoms with E-state index >= 15 is 4.39 Å². The van der Waals surface area contributed by atoms with Gasteiger partial charge in [-0.1, -0.05) is 17.4 Å². The fourth-order valence-corrected chi connectivity index (χ4v) is 6.52. The number of hydrogen-bond donors (Lipinski definition) is 1. The van der Waals surface area contributed by atoms with Gasteiger partial charge in [-0.3, -0.25) is 9.88 Å². The largest absolute Gasteiger partial charge is 0.469 e. The normalized spacial score (nSPS) is 19.8. The third-order valence-corrected chi connectivity index (χ3v) is 8.64. The average Bonchev–Trinajstić information content (AvgIpc) is 3.56. The minimum absolute atomic E-state index is 0.000813. The van der Waals surface area contributed by atoms with E-state index in [1.807, 2.05) is 26.2 Å². The van der Waals surface area contributed by atoms with Crippen LogP contribution in [0.5, 0.6) is 5.88 Å². The van der Waals surface area contributed by atoms with Crippen LogP contribution in [-0.2, 0) is 4.74 Å². The summed E-state index contributed by atoms with van der Waals surface area (Å²) in [6.45, 7) is 5.83. The van der Waals surface area contributed by atoms with Crippen molar-refractivity contribution in [1.82, 2.24) is 24.8 Å². The summed E-state index contributed by atoms with van der Waals surface area (Å²) in [4.78, 5) is 19.6. The zero-order chi connectivity index (χ0) is 29.5. The average molecular weight is 593 g/mol. The number of nitrogens with zero attached hydrogens (tertiary/aromatic N) is 7. The van der Waals surface area contributed by atoms with Crippen LogP contribution in [0.25, 0.3) is 32.4 Å². The van der Waals surface area contributed by atoms with Gasteiger partial charge < -0.3 is 25.0 Å². The maximum Gasteiger partial charge on any atom is 0.234 e. The molecule has 0 amide bonds. The highest BCUT2D eigenvalue weighted by Gasteiger charge is 2.35. The number of methoxy groups -OCH3 is 1. The van der Waals surface area contributed by atoms with Crippen LogP contribution in [-0.4, -0.2) is 90.4 Å². The maximum absolute atomic E-state index is 16.6. The summed E-state index contributed by atoms with van der Waals surface area (Å²) in [6.07, 6.45) is 4.89. The number of anilines is 2. The lowest BCUT2D eigenvalue weighted by molar-refractivity contribution is 0.0321. The Balaban J connectivity index is 1.54. The number of piperazine rings is 1. The molecule has 2 saturated heterocycles. The molecule has 2 aliphatic rings. The Morgan fingerprint density at radius 2 is 1.88 bits per heavy atom. The SMILES string of the molecule is CC=CN1CCN(c2c(C#N)c(O[C@@H]3CN(C)C[C@H]3OC)nc3c(F)c(-c4ccc(F)c5sc(N)nc45)ncc23)CC1. The highest BCUT2D eigenvalue weighted by atomic mass is 32.1. The number of aromatic nitrogens is 3. The van der Waals surface area contributed by atoms with Gasteiger partial charge >= 0.3 is 0 Å². The number of likely N-dealkylation sites (tertiary alicyclic amines) is 1. The number of pyridine rings is 2. The monoisotopic (exact) mass is 592 g/mol. The summed E-state index contributed by atoms with van der Waals surface area (Å²) in [5.74, 6) is -1.18. The molecule has 1 aromatic carbocycles. The van der Waals surface area contributed by atoms with Crippen molar-refractivity contribution in [2.75, 3.05) is 64.1 Å². The van der Waals surface area contributed by atoms with Gasteiger partial charge in [0.2, 0.25) is 5.88 Å². The zero-order valence-corrected chi connectivity index (χ0v) is 24.3. The van der Waals surface area contributed by atoms with Crippen LogP contribution in [0.4, 0.5) is 19.6 Å². The van der Waals surface area contributed by atoms with E-state index in [1.54, 1.807) is 7.11 Å². The van der Waals surface area contributed by atoms with Crippen LogP contribution in [0, 0.1) is 23.0 Å². The molecular formula is C29H30F2N8O2S. The Kier molecular flexibility index (Phi) is 7.53. The van der Waals surface area contributed by atoms with Crippen molar-refractivity contribution in [3.8, 4) is 23.2 Å². The number of fused-ring (bicyclic) bond motifs is 2. The van der Waals surface area contributed by atoms with Crippen LogP contribution >= 0.6 is 11.3 Å². The number of likely N-dealkylation sites (N-methyl/N-ethyl adjacent to an activating group) is 1. The lowest BCUT2D eigenvalue weighted by Crippen LogP contribution is -2.44. The van der Waals surface area contributed by atoms with Crippen molar-refractivity contribution in [3.05, 3.63) is 47.8 Å². The molecule has 218 valence electrons. The summed E-state index contributed by atoms with van der Waals surface area (Å²) < 4.78 is 43.3. The minimum atomic E-state index is -0.720. The number of thiazole rings is 1. The second kappa shape index (κ2) is 11.3. The number of allylic oxidation sites excluding steroid dienone is 1. The van der Waals surface area contributed by atoms with Crippen molar-refractivity contribution in [1.29, 1.82) is 5.26 Å². The standard InChI is InChI=1S/C29H30F2N8O2S/c1-4-7-38-8-10-39(11-9-38)26-17(12-32)28(41-21-15-37(2)14-20(21)40-3)35-24-18(26)13-34-23(22(24)31)16-5-6-19(30)27-25(16)36-29(33)42-27/h4-7,13,20-21H,8-11,14-15H2,1-3H3,(H2,33,36)/t20-,21-/m1/s1. The molecule has 0 bridgehead atoms. The number of nitriles is 1. The molecule has 0 radical (unpaired) electrons. The van der Waals surface area contributed by atoms with Crippen molar-refractivity contribution < 1.29 is 18.3 Å². The number of rotatable bonds is 6. The second-order valence-electron chi connectivity index (χ2n) is 10.4. The van der Waals surface area contributed by atoms with Crippen molar-refractivity contribution >= 4 is 43.3 Å². The third-order valence-electron chi connectivity index (χ3n) is 7.75. The predicted octanol–water partition coefficient (Wildman–Crippen LogP) is 4.00. The van der Waals surface area contributed by atoms with Gasteiger partial charge in [-0.25, -0.2) is 18.7 Å². The summed E-state index contributed by atoms with van der Waals surface area (Å²) in [5.41, 5.74) is 7.10. The molecule has 0 saturated carbocycles. The second-order valence-corrected chi connectivity index (χ2v) is 11.4. The smallest absolute Gasteiger partial charge is 0.234 e. The van der Waals surface area contributed by atoms with Crippen molar-refractivity contribution in [2.24, 2.45) is 0 Å². The topological polar surface area (TPSA) is 117 Å². The van der Waals surface area contributed by atoms with Gasteiger partial charge in [0.1, 0.15) is 40.9 Å². The van der Waals surface area contributed by atoms with Gasteiger partial charge in [-0.05, 0) is 32.3 Å². The molecule has 42 heavy (non-hydrogen) atoms. The molecule has 0 spiro atoms. The number of benzene rings is 1. The van der Waals surface area contributed by atoms with Crippen LogP contribution < -0.4 is 15.4 Å². The molecule has 6 rings (SSSR count). The van der Waals surface area contributed by atoms with Crippen LogP contribution in [0.15, 0.2) is 30.6 Å². The molecule has 4 aromatic rings. The van der Waals surface area contributed by atoms with Gasteiger partial charge in [0.15, 0.2) is 10.9 Å². The molecule has 5 heterocycles. The zero-order valence-electron chi connectivity index (χ0n) is 23.5. The van der Waals surface area contributed by atoms with Gasteiger partial charge in [0, 0.05) is 63.5 Å². The number of ether oxygens (including phenoxy) is 2. The Hall–Kier alpha value is -4.12. The molecule has 10 nitrogen and oxygen atoms in total. The van der Waals surface area contributed by atoms with Crippen LogP contribution in [0.1, 0.15) is 12.5 Å². The van der Waals surface area contributed by atoms with Gasteiger partial charge in [-0.15, -0.1) is 0 Å². The first-order valence-electron chi connectivity index (χ1n) is 13.6. The molecule has 2 aliphatic heterocycles. The summed E-state index contributed by atoms with van der Waals surface area (Å²) in [7, 11) is 3.57. The van der Waals surface area contributed by atoms with E-state index in [1.165, 1.54) is 18.3 Å². The van der Waals surface area contributed by atoms with Gasteiger partial charge in [-0.2, -0.15) is 5.26 Å². The lowest BCUT2D eigenvalue weighted by atomic mass is 10.0. The van der Waals surface area contributed by atoms with Gasteiger partial charge in [0.25, 0.3) is 0 Å². The van der Waals surface area contributed by atoms with Crippen molar-refractivity contribution in [2.45, 2.75) is 19.1 Å². The molecule has 2 atom stereocenters.